The van der Waals surface area contributed by atoms with Crippen molar-refractivity contribution in [3.8, 4) is 11.1 Å². The summed E-state index contributed by atoms with van der Waals surface area (Å²) in [6.07, 6.45) is 0. The fourth-order valence-electron chi connectivity index (χ4n) is 8.73. The second-order valence-corrected chi connectivity index (χ2v) is 17.1. The minimum absolute atomic E-state index is 0.854. The van der Waals surface area contributed by atoms with Crippen LogP contribution in [0.5, 0.6) is 0 Å². The van der Waals surface area contributed by atoms with Crippen LogP contribution in [-0.4, -0.2) is 0 Å². The lowest BCUT2D eigenvalue weighted by atomic mass is 10.00. The first-order valence-corrected chi connectivity index (χ1v) is 21.5. The monoisotopic (exact) mass is 790 g/mol. The normalized spacial score (nSPS) is 11.7. The van der Waals surface area contributed by atoms with Crippen molar-refractivity contribution in [2.75, 3.05) is 9.80 Å². The van der Waals surface area contributed by atoms with E-state index in [-0.39, 0.29) is 0 Å². The Morgan fingerprint density at radius 2 is 0.814 bits per heavy atom. The van der Waals surface area contributed by atoms with Gasteiger partial charge in [-0.15, -0.1) is 22.7 Å². The minimum atomic E-state index is 0.854. The van der Waals surface area contributed by atoms with E-state index < -0.39 is 0 Å². The fourth-order valence-corrected chi connectivity index (χ4v) is 10.9. The topological polar surface area (TPSA) is 19.6 Å². The van der Waals surface area contributed by atoms with E-state index in [2.05, 4.69) is 216 Å². The van der Waals surface area contributed by atoms with Gasteiger partial charge in [-0.3, -0.25) is 0 Å². The number of anilines is 6. The first kappa shape index (κ1) is 33.9. The van der Waals surface area contributed by atoms with Gasteiger partial charge in [0.15, 0.2) is 0 Å². The summed E-state index contributed by atoms with van der Waals surface area (Å²) >= 11 is 3.69. The van der Waals surface area contributed by atoms with Crippen molar-refractivity contribution in [1.82, 2.24) is 0 Å². The molecule has 0 aliphatic rings. The van der Waals surface area contributed by atoms with E-state index in [0.717, 1.165) is 61.6 Å². The average Bonchev–Trinajstić information content (AvgIpc) is 3.98. The van der Waals surface area contributed by atoms with E-state index in [1.807, 2.05) is 22.7 Å². The second kappa shape index (κ2) is 13.7. The molecule has 0 saturated carbocycles. The van der Waals surface area contributed by atoms with Gasteiger partial charge < -0.3 is 14.2 Å². The molecule has 12 rings (SSSR count). The SMILES string of the molecule is c1ccc(N(c2ccccc2)c2cccc(N(c3ccc4sc5ccccc5c4c3)c3cccc4oc5ccc(-c6ccc7sc8ccccc8c7c6)cc5c34)c2)cc1. The Labute approximate surface area is 348 Å². The number of fused-ring (bicyclic) bond motifs is 9. The molecule has 278 valence electrons. The van der Waals surface area contributed by atoms with Crippen LogP contribution in [0.1, 0.15) is 0 Å². The Balaban J connectivity index is 1.08. The maximum atomic E-state index is 6.68. The average molecular weight is 791 g/mol. The maximum Gasteiger partial charge on any atom is 0.137 e. The molecule has 59 heavy (non-hydrogen) atoms. The fraction of sp³-hybridized carbons (Fsp3) is 0. The first-order valence-electron chi connectivity index (χ1n) is 19.8. The van der Waals surface area contributed by atoms with Crippen LogP contribution in [-0.2, 0) is 0 Å². The molecular weight excluding hydrogens is 757 g/mol. The van der Waals surface area contributed by atoms with Crippen LogP contribution >= 0.6 is 22.7 Å². The Bertz CT molecular complexity index is 3490. The van der Waals surface area contributed by atoms with Crippen LogP contribution < -0.4 is 9.80 Å². The number of benzene rings is 9. The van der Waals surface area contributed by atoms with Crippen molar-refractivity contribution >= 4 is 119 Å². The van der Waals surface area contributed by atoms with Crippen LogP contribution in [0.15, 0.2) is 211 Å². The summed E-state index contributed by atoms with van der Waals surface area (Å²) in [5.74, 6) is 0. The van der Waals surface area contributed by atoms with Gasteiger partial charge in [0.2, 0.25) is 0 Å². The van der Waals surface area contributed by atoms with E-state index in [0.29, 0.717) is 0 Å². The molecule has 0 spiro atoms. The molecule has 0 radical (unpaired) electrons. The van der Waals surface area contributed by atoms with Gasteiger partial charge in [-0.05, 0) is 120 Å². The van der Waals surface area contributed by atoms with Crippen molar-refractivity contribution in [1.29, 1.82) is 0 Å². The predicted octanol–water partition coefficient (Wildman–Crippen LogP) is 16.9. The van der Waals surface area contributed by atoms with Gasteiger partial charge >= 0.3 is 0 Å². The van der Waals surface area contributed by atoms with Crippen molar-refractivity contribution in [2.24, 2.45) is 0 Å². The van der Waals surface area contributed by atoms with Gasteiger partial charge in [-0.25, -0.2) is 0 Å². The number of hydrogen-bond acceptors (Lipinski definition) is 5. The summed E-state index contributed by atoms with van der Waals surface area (Å²) in [5.41, 5.74) is 10.5. The van der Waals surface area contributed by atoms with E-state index in [9.17, 15) is 0 Å². The summed E-state index contributed by atoms with van der Waals surface area (Å²) in [6, 6.07) is 74.4. The number of rotatable bonds is 7. The summed E-state index contributed by atoms with van der Waals surface area (Å²) < 4.78 is 11.9. The van der Waals surface area contributed by atoms with Gasteiger partial charge in [-0.2, -0.15) is 0 Å². The third-order valence-corrected chi connectivity index (χ3v) is 13.7. The molecule has 0 unspecified atom stereocenters. The molecule has 0 saturated heterocycles. The molecule has 9 aromatic carbocycles. The summed E-state index contributed by atoms with van der Waals surface area (Å²) in [7, 11) is 0. The number of hydrogen-bond donors (Lipinski definition) is 0. The van der Waals surface area contributed by atoms with Crippen molar-refractivity contribution in [3.63, 3.8) is 0 Å². The van der Waals surface area contributed by atoms with Crippen LogP contribution in [0.4, 0.5) is 34.1 Å². The molecule has 12 aromatic rings. The highest BCUT2D eigenvalue weighted by Crippen LogP contribution is 2.47. The van der Waals surface area contributed by atoms with Crippen LogP contribution in [0.2, 0.25) is 0 Å². The van der Waals surface area contributed by atoms with Gasteiger partial charge in [0, 0.05) is 74.2 Å². The Kier molecular flexibility index (Phi) is 7.90. The van der Waals surface area contributed by atoms with Gasteiger partial charge in [0.05, 0.1) is 11.1 Å². The number of furan rings is 1. The first-order chi connectivity index (χ1) is 29.2. The Morgan fingerprint density at radius 1 is 0.305 bits per heavy atom. The quantitative estimate of drug-likeness (QED) is 0.160. The minimum Gasteiger partial charge on any atom is -0.456 e. The third kappa shape index (κ3) is 5.70. The highest BCUT2D eigenvalue weighted by atomic mass is 32.1. The van der Waals surface area contributed by atoms with E-state index in [1.165, 1.54) is 45.9 Å². The zero-order chi connectivity index (χ0) is 38.9. The van der Waals surface area contributed by atoms with E-state index in [1.54, 1.807) is 0 Å². The molecule has 0 amide bonds. The van der Waals surface area contributed by atoms with Crippen LogP contribution in [0, 0.1) is 0 Å². The molecule has 0 bridgehead atoms. The molecule has 5 heteroatoms. The van der Waals surface area contributed by atoms with Crippen molar-refractivity contribution in [2.45, 2.75) is 0 Å². The zero-order valence-electron chi connectivity index (χ0n) is 31.7. The highest BCUT2D eigenvalue weighted by Gasteiger charge is 2.22. The summed E-state index contributed by atoms with van der Waals surface area (Å²) in [5, 5.41) is 7.29. The maximum absolute atomic E-state index is 6.68. The predicted molar refractivity (Wildman–Crippen MR) is 254 cm³/mol. The standard InChI is InChI=1S/C54H34N2OS2/c1-3-13-37(14-4-1)55(38-15-5-2-6-16-38)39-17-11-18-40(33-39)56(41-27-30-53-45(34-41)43-20-8-10-24-51(43)59-53)47-21-12-22-49-54(47)46-32-35(25-28-48(46)57-49)36-26-29-52-44(31-36)42-19-7-9-23-50(42)58-52/h1-34H. The number of thiophene rings is 2. The molecule has 3 nitrogen and oxygen atoms in total. The molecule has 0 N–H and O–H groups in total. The molecule has 0 atom stereocenters. The van der Waals surface area contributed by atoms with Crippen molar-refractivity contribution < 1.29 is 4.42 Å². The molecule has 0 aliphatic carbocycles. The summed E-state index contributed by atoms with van der Waals surface area (Å²) in [6.45, 7) is 0. The lowest BCUT2D eigenvalue weighted by Gasteiger charge is -2.29. The van der Waals surface area contributed by atoms with Gasteiger partial charge in [-0.1, -0.05) is 97.1 Å². The number of nitrogens with zero attached hydrogens (tertiary/aromatic N) is 2. The molecule has 3 aromatic heterocycles. The summed E-state index contributed by atoms with van der Waals surface area (Å²) in [4.78, 5) is 4.74. The third-order valence-electron chi connectivity index (χ3n) is 11.4. The lowest BCUT2D eigenvalue weighted by molar-refractivity contribution is 0.669. The zero-order valence-corrected chi connectivity index (χ0v) is 33.4. The molecule has 0 fully saturated rings. The van der Waals surface area contributed by atoms with E-state index >= 15 is 0 Å². The lowest BCUT2D eigenvalue weighted by Crippen LogP contribution is -2.13. The van der Waals surface area contributed by atoms with Crippen molar-refractivity contribution in [3.05, 3.63) is 206 Å². The van der Waals surface area contributed by atoms with Gasteiger partial charge in [0.25, 0.3) is 0 Å². The largest absolute Gasteiger partial charge is 0.456 e. The Hall–Kier alpha value is -7.18. The highest BCUT2D eigenvalue weighted by molar-refractivity contribution is 7.26. The molecule has 0 aliphatic heterocycles. The van der Waals surface area contributed by atoms with Crippen LogP contribution in [0.3, 0.4) is 0 Å². The Morgan fingerprint density at radius 3 is 1.51 bits per heavy atom. The van der Waals surface area contributed by atoms with E-state index in [4.69, 9.17) is 4.42 Å². The van der Waals surface area contributed by atoms with Crippen LogP contribution in [0.25, 0.3) is 73.4 Å². The second-order valence-electron chi connectivity index (χ2n) is 14.9. The van der Waals surface area contributed by atoms with Gasteiger partial charge in [0.1, 0.15) is 11.2 Å². The number of para-hydroxylation sites is 2. The molecular formula is C54H34N2OS2. The smallest absolute Gasteiger partial charge is 0.137 e. The molecule has 3 heterocycles.